The fourth-order valence-corrected chi connectivity index (χ4v) is 3.70. The highest BCUT2D eigenvalue weighted by atomic mass is 16.6. The number of non-ortho nitro benzene ring substituents is 1. The highest BCUT2D eigenvalue weighted by Gasteiger charge is 2.25. The number of nitrogens with zero attached hydrogens (tertiary/aromatic N) is 2. The van der Waals surface area contributed by atoms with Crippen LogP contribution in [0.5, 0.6) is 5.75 Å². The van der Waals surface area contributed by atoms with Gasteiger partial charge < -0.3 is 15.4 Å². The normalized spacial score (nSPS) is 15.0. The van der Waals surface area contributed by atoms with Crippen LogP contribution in [0.2, 0.25) is 0 Å². The Labute approximate surface area is 170 Å². The summed E-state index contributed by atoms with van der Waals surface area (Å²) in [5.74, 6) is 0.430. The number of ether oxygens (including phenoxy) is 1. The molecule has 1 atom stereocenters. The Morgan fingerprint density at radius 1 is 1.24 bits per heavy atom. The zero-order valence-electron chi connectivity index (χ0n) is 16.7. The fraction of sp³-hybridized carbons (Fsp3) is 0.381. The van der Waals surface area contributed by atoms with E-state index in [4.69, 9.17) is 4.74 Å². The van der Waals surface area contributed by atoms with Crippen molar-refractivity contribution in [2.45, 2.75) is 18.9 Å². The van der Waals surface area contributed by atoms with Crippen LogP contribution in [0.4, 0.5) is 11.4 Å². The van der Waals surface area contributed by atoms with E-state index < -0.39 is 4.92 Å². The summed E-state index contributed by atoms with van der Waals surface area (Å²) in [6, 6.07) is 12.1. The van der Waals surface area contributed by atoms with E-state index in [1.165, 1.54) is 12.1 Å². The monoisotopic (exact) mass is 398 g/mol. The maximum Gasteiger partial charge on any atom is 0.270 e. The predicted molar refractivity (Wildman–Crippen MR) is 112 cm³/mol. The van der Waals surface area contributed by atoms with Crippen molar-refractivity contribution in [3.63, 3.8) is 0 Å². The number of anilines is 1. The maximum atomic E-state index is 12.9. The molecule has 29 heavy (non-hydrogen) atoms. The number of hydrogen-bond donors (Lipinski definition) is 2. The Morgan fingerprint density at radius 3 is 2.66 bits per heavy atom. The average molecular weight is 398 g/mol. The van der Waals surface area contributed by atoms with Crippen molar-refractivity contribution < 1.29 is 14.5 Å². The minimum Gasteiger partial charge on any atom is -0.497 e. The van der Waals surface area contributed by atoms with Crippen molar-refractivity contribution in [1.29, 1.82) is 0 Å². The van der Waals surface area contributed by atoms with E-state index in [9.17, 15) is 14.9 Å². The first-order chi connectivity index (χ1) is 14.0. The van der Waals surface area contributed by atoms with Crippen LogP contribution in [-0.2, 0) is 0 Å². The third kappa shape index (κ3) is 4.83. The molecule has 154 valence electrons. The van der Waals surface area contributed by atoms with E-state index in [1.54, 1.807) is 20.2 Å². The summed E-state index contributed by atoms with van der Waals surface area (Å²) in [5.41, 5.74) is 1.76. The number of amides is 1. The van der Waals surface area contributed by atoms with Gasteiger partial charge in [-0.15, -0.1) is 0 Å². The molecule has 1 unspecified atom stereocenters. The van der Waals surface area contributed by atoms with Gasteiger partial charge in [0.25, 0.3) is 11.6 Å². The van der Waals surface area contributed by atoms with Gasteiger partial charge in [0, 0.05) is 31.4 Å². The summed E-state index contributed by atoms with van der Waals surface area (Å²) in [5, 5.41) is 17.0. The predicted octanol–water partition coefficient (Wildman–Crippen LogP) is 3.21. The average Bonchev–Trinajstić information content (AvgIpc) is 3.27. The van der Waals surface area contributed by atoms with Gasteiger partial charge in [-0.2, -0.15) is 0 Å². The molecule has 1 heterocycles. The van der Waals surface area contributed by atoms with Crippen LogP contribution in [0.25, 0.3) is 0 Å². The number of carbonyl (C=O) groups is 1. The van der Waals surface area contributed by atoms with E-state index >= 15 is 0 Å². The number of nitrogens with one attached hydrogen (secondary N) is 2. The van der Waals surface area contributed by atoms with E-state index in [-0.39, 0.29) is 23.2 Å². The summed E-state index contributed by atoms with van der Waals surface area (Å²) in [6.45, 7) is 2.34. The SMILES string of the molecule is CNc1ccc([N+](=O)[O-])cc1C(=O)NCC(c1cccc(OC)c1)N1CCCC1. The molecule has 0 bridgehead atoms. The molecule has 8 heteroatoms. The largest absolute Gasteiger partial charge is 0.497 e. The summed E-state index contributed by atoms with van der Waals surface area (Å²) in [4.78, 5) is 25.8. The lowest BCUT2D eigenvalue weighted by molar-refractivity contribution is -0.384. The van der Waals surface area contributed by atoms with Crippen LogP contribution >= 0.6 is 0 Å². The van der Waals surface area contributed by atoms with Crippen LogP contribution in [-0.4, -0.2) is 49.5 Å². The number of benzene rings is 2. The number of likely N-dealkylation sites (tertiary alicyclic amines) is 1. The lowest BCUT2D eigenvalue weighted by Gasteiger charge is -2.28. The smallest absolute Gasteiger partial charge is 0.270 e. The molecule has 2 aromatic carbocycles. The third-order valence-corrected chi connectivity index (χ3v) is 5.24. The second-order valence-corrected chi connectivity index (χ2v) is 6.98. The minimum absolute atomic E-state index is 0.00767. The van der Waals surface area contributed by atoms with Crippen LogP contribution in [0.1, 0.15) is 34.8 Å². The summed E-state index contributed by atoms with van der Waals surface area (Å²) >= 11 is 0. The highest BCUT2D eigenvalue weighted by Crippen LogP contribution is 2.28. The van der Waals surface area contributed by atoms with Crippen molar-refractivity contribution in [2.75, 3.05) is 39.1 Å². The van der Waals surface area contributed by atoms with Crippen LogP contribution < -0.4 is 15.4 Å². The number of methoxy groups -OCH3 is 1. The fourth-order valence-electron chi connectivity index (χ4n) is 3.70. The van der Waals surface area contributed by atoms with Gasteiger partial charge in [-0.05, 0) is 49.7 Å². The Morgan fingerprint density at radius 2 is 2.00 bits per heavy atom. The minimum atomic E-state index is -0.500. The first-order valence-electron chi connectivity index (χ1n) is 9.66. The molecule has 0 radical (unpaired) electrons. The molecule has 2 N–H and O–H groups in total. The maximum absolute atomic E-state index is 12.9. The zero-order chi connectivity index (χ0) is 20.8. The summed E-state index contributed by atoms with van der Waals surface area (Å²) < 4.78 is 5.35. The number of carbonyl (C=O) groups excluding carboxylic acids is 1. The number of nitro benzene ring substituents is 1. The molecule has 1 saturated heterocycles. The molecular formula is C21H26N4O4. The highest BCUT2D eigenvalue weighted by molar-refractivity contribution is 6.00. The molecular weight excluding hydrogens is 372 g/mol. The Balaban J connectivity index is 1.81. The van der Waals surface area contributed by atoms with Gasteiger partial charge in [-0.3, -0.25) is 19.8 Å². The molecule has 0 aromatic heterocycles. The molecule has 1 amide bonds. The van der Waals surface area contributed by atoms with Gasteiger partial charge in [-0.1, -0.05) is 12.1 Å². The Hall–Kier alpha value is -3.13. The summed E-state index contributed by atoms with van der Waals surface area (Å²) in [6.07, 6.45) is 2.26. The van der Waals surface area contributed by atoms with E-state index in [1.807, 2.05) is 24.3 Å². The van der Waals surface area contributed by atoms with Crippen LogP contribution in [0, 0.1) is 10.1 Å². The van der Waals surface area contributed by atoms with E-state index in [0.29, 0.717) is 12.2 Å². The van der Waals surface area contributed by atoms with Gasteiger partial charge in [0.2, 0.25) is 0 Å². The molecule has 3 rings (SSSR count). The van der Waals surface area contributed by atoms with Gasteiger partial charge in [-0.25, -0.2) is 0 Å². The lowest BCUT2D eigenvalue weighted by atomic mass is 10.0. The standard InChI is InChI=1S/C21H26N4O4/c1-22-19-9-8-16(25(27)28)13-18(19)21(26)23-14-20(24-10-3-4-11-24)15-6-5-7-17(12-15)29-2/h5-9,12-13,20,22H,3-4,10-11,14H2,1-2H3,(H,23,26). The second-order valence-electron chi connectivity index (χ2n) is 6.98. The zero-order valence-corrected chi connectivity index (χ0v) is 16.7. The molecule has 1 fully saturated rings. The first kappa shape index (κ1) is 20.6. The van der Waals surface area contributed by atoms with Crippen molar-refractivity contribution in [1.82, 2.24) is 10.2 Å². The second kappa shape index (κ2) is 9.38. The molecule has 1 aliphatic rings. The first-order valence-corrected chi connectivity index (χ1v) is 9.66. The molecule has 1 aliphatic heterocycles. The topological polar surface area (TPSA) is 96.7 Å². The Kier molecular flexibility index (Phi) is 6.66. The third-order valence-electron chi connectivity index (χ3n) is 5.24. The van der Waals surface area contributed by atoms with Gasteiger partial charge in [0.05, 0.1) is 23.6 Å². The van der Waals surface area contributed by atoms with Crippen molar-refractivity contribution in [3.8, 4) is 5.75 Å². The summed E-state index contributed by atoms with van der Waals surface area (Å²) in [7, 11) is 3.31. The molecule has 0 spiro atoms. The number of nitro groups is 1. The lowest BCUT2D eigenvalue weighted by Crippen LogP contribution is -2.37. The molecule has 8 nitrogen and oxygen atoms in total. The van der Waals surface area contributed by atoms with Crippen molar-refractivity contribution in [3.05, 3.63) is 63.7 Å². The van der Waals surface area contributed by atoms with Crippen LogP contribution in [0.15, 0.2) is 42.5 Å². The van der Waals surface area contributed by atoms with Gasteiger partial charge >= 0.3 is 0 Å². The quantitative estimate of drug-likeness (QED) is 0.524. The molecule has 0 aliphatic carbocycles. The van der Waals surface area contributed by atoms with E-state index in [2.05, 4.69) is 15.5 Å². The van der Waals surface area contributed by atoms with Crippen molar-refractivity contribution in [2.24, 2.45) is 0 Å². The number of hydrogen-bond acceptors (Lipinski definition) is 6. The van der Waals surface area contributed by atoms with Gasteiger partial charge in [0.15, 0.2) is 0 Å². The van der Waals surface area contributed by atoms with E-state index in [0.717, 1.165) is 37.2 Å². The van der Waals surface area contributed by atoms with Gasteiger partial charge in [0.1, 0.15) is 5.75 Å². The van der Waals surface area contributed by atoms with Crippen LogP contribution in [0.3, 0.4) is 0 Å². The van der Waals surface area contributed by atoms with Crippen molar-refractivity contribution >= 4 is 17.3 Å². The molecule has 2 aromatic rings. The number of rotatable bonds is 8. The molecule has 0 saturated carbocycles. The Bertz CT molecular complexity index is 881.